The summed E-state index contributed by atoms with van der Waals surface area (Å²) in [7, 11) is 1.60. The van der Waals surface area contributed by atoms with Crippen LogP contribution >= 0.6 is 0 Å². The highest BCUT2D eigenvalue weighted by Crippen LogP contribution is 2.35. The van der Waals surface area contributed by atoms with Crippen LogP contribution in [-0.4, -0.2) is 25.5 Å². The van der Waals surface area contributed by atoms with Crippen molar-refractivity contribution in [1.29, 1.82) is 0 Å². The minimum absolute atomic E-state index is 0.115. The summed E-state index contributed by atoms with van der Waals surface area (Å²) in [5.41, 5.74) is 2.34. The SMILES string of the molecule is COc1ccc(/C=C2\Oc3ccccc3N(CC(=O)NC(C)c3ccccc3)C2=O)cc1. The molecule has 162 valence electrons. The van der Waals surface area contributed by atoms with Crippen LogP contribution in [0, 0.1) is 0 Å². The fourth-order valence-electron chi connectivity index (χ4n) is 3.53. The number of nitrogens with one attached hydrogen (secondary N) is 1. The smallest absolute Gasteiger partial charge is 0.294 e. The molecule has 0 spiro atoms. The topological polar surface area (TPSA) is 67.9 Å². The van der Waals surface area contributed by atoms with Crippen LogP contribution in [0.3, 0.4) is 0 Å². The maximum Gasteiger partial charge on any atom is 0.294 e. The Bertz CT molecular complexity index is 1140. The predicted molar refractivity (Wildman–Crippen MR) is 123 cm³/mol. The van der Waals surface area contributed by atoms with Gasteiger partial charge >= 0.3 is 0 Å². The van der Waals surface area contributed by atoms with Gasteiger partial charge in [-0.15, -0.1) is 0 Å². The molecule has 4 rings (SSSR count). The molecule has 0 radical (unpaired) electrons. The highest BCUT2D eigenvalue weighted by atomic mass is 16.5. The van der Waals surface area contributed by atoms with Crippen LogP contribution in [0.25, 0.3) is 6.08 Å². The number of amides is 2. The van der Waals surface area contributed by atoms with Crippen LogP contribution in [0.1, 0.15) is 24.1 Å². The van der Waals surface area contributed by atoms with Gasteiger partial charge in [-0.05, 0) is 48.4 Å². The largest absolute Gasteiger partial charge is 0.497 e. The molecule has 0 fully saturated rings. The molecule has 3 aromatic carbocycles. The molecule has 1 heterocycles. The summed E-state index contributed by atoms with van der Waals surface area (Å²) >= 11 is 0. The quantitative estimate of drug-likeness (QED) is 0.593. The van der Waals surface area contributed by atoms with E-state index in [0.717, 1.165) is 16.9 Å². The van der Waals surface area contributed by atoms with Gasteiger partial charge in [0.25, 0.3) is 5.91 Å². The first-order valence-corrected chi connectivity index (χ1v) is 10.3. The van der Waals surface area contributed by atoms with E-state index in [0.29, 0.717) is 11.4 Å². The van der Waals surface area contributed by atoms with Crippen molar-refractivity contribution < 1.29 is 19.1 Å². The lowest BCUT2D eigenvalue weighted by molar-refractivity contribution is -0.123. The van der Waals surface area contributed by atoms with E-state index in [1.165, 1.54) is 4.90 Å². The number of carbonyl (C=O) groups is 2. The van der Waals surface area contributed by atoms with E-state index in [4.69, 9.17) is 9.47 Å². The van der Waals surface area contributed by atoms with Gasteiger partial charge < -0.3 is 14.8 Å². The third-order valence-electron chi connectivity index (χ3n) is 5.22. The predicted octanol–water partition coefficient (Wildman–Crippen LogP) is 4.34. The Hall–Kier alpha value is -4.06. The van der Waals surface area contributed by atoms with Gasteiger partial charge in [0.05, 0.1) is 18.8 Å². The van der Waals surface area contributed by atoms with Crippen molar-refractivity contribution in [1.82, 2.24) is 5.32 Å². The second kappa shape index (κ2) is 9.39. The van der Waals surface area contributed by atoms with Crippen LogP contribution in [0.4, 0.5) is 5.69 Å². The van der Waals surface area contributed by atoms with Gasteiger partial charge in [-0.3, -0.25) is 14.5 Å². The lowest BCUT2D eigenvalue weighted by Gasteiger charge is -2.30. The number of hydrogen-bond acceptors (Lipinski definition) is 4. The summed E-state index contributed by atoms with van der Waals surface area (Å²) in [4.78, 5) is 27.5. The van der Waals surface area contributed by atoms with Crippen molar-refractivity contribution in [3.8, 4) is 11.5 Å². The number of para-hydroxylation sites is 2. The number of rotatable bonds is 6. The van der Waals surface area contributed by atoms with Gasteiger partial charge in [0.1, 0.15) is 12.3 Å². The number of fused-ring (bicyclic) bond motifs is 1. The average molecular weight is 428 g/mol. The van der Waals surface area contributed by atoms with Gasteiger partial charge in [0.2, 0.25) is 5.91 Å². The summed E-state index contributed by atoms with van der Waals surface area (Å²) < 4.78 is 11.1. The summed E-state index contributed by atoms with van der Waals surface area (Å²) in [6.07, 6.45) is 1.66. The first-order chi connectivity index (χ1) is 15.5. The molecule has 6 nitrogen and oxygen atoms in total. The van der Waals surface area contributed by atoms with Crippen molar-refractivity contribution in [3.05, 3.63) is 95.7 Å². The molecular weight excluding hydrogens is 404 g/mol. The number of nitrogens with zero attached hydrogens (tertiary/aromatic N) is 1. The van der Waals surface area contributed by atoms with Gasteiger partial charge in [-0.25, -0.2) is 0 Å². The zero-order valence-electron chi connectivity index (χ0n) is 17.9. The molecule has 32 heavy (non-hydrogen) atoms. The zero-order valence-corrected chi connectivity index (χ0v) is 17.9. The molecule has 1 unspecified atom stereocenters. The molecule has 0 aromatic heterocycles. The molecule has 6 heteroatoms. The van der Waals surface area contributed by atoms with E-state index in [1.54, 1.807) is 25.3 Å². The fraction of sp³-hybridized carbons (Fsp3) is 0.154. The van der Waals surface area contributed by atoms with Gasteiger partial charge in [0.15, 0.2) is 11.5 Å². The van der Waals surface area contributed by atoms with Gasteiger partial charge in [0, 0.05) is 0 Å². The molecule has 2 amide bonds. The molecule has 1 aliphatic rings. The van der Waals surface area contributed by atoms with E-state index in [1.807, 2.05) is 73.7 Å². The molecule has 1 aliphatic heterocycles. The summed E-state index contributed by atoms with van der Waals surface area (Å²) in [5.74, 6) is 0.769. The molecule has 0 saturated carbocycles. The zero-order chi connectivity index (χ0) is 22.5. The fourth-order valence-corrected chi connectivity index (χ4v) is 3.53. The molecule has 3 aromatic rings. The molecule has 0 saturated heterocycles. The van der Waals surface area contributed by atoms with E-state index < -0.39 is 0 Å². The van der Waals surface area contributed by atoms with Gasteiger partial charge in [-0.2, -0.15) is 0 Å². The van der Waals surface area contributed by atoms with Crippen molar-refractivity contribution in [2.45, 2.75) is 13.0 Å². The van der Waals surface area contributed by atoms with E-state index >= 15 is 0 Å². The Morgan fingerprint density at radius 1 is 1.03 bits per heavy atom. The maximum atomic E-state index is 13.2. The minimum Gasteiger partial charge on any atom is -0.497 e. The Labute approximate surface area is 187 Å². The molecular formula is C26H24N2O4. The van der Waals surface area contributed by atoms with Crippen LogP contribution in [0.2, 0.25) is 0 Å². The number of methoxy groups -OCH3 is 1. The number of hydrogen-bond donors (Lipinski definition) is 1. The summed E-state index contributed by atoms with van der Waals surface area (Å²) in [5, 5.41) is 2.97. The second-order valence-electron chi connectivity index (χ2n) is 7.44. The maximum absolute atomic E-state index is 13.2. The van der Waals surface area contributed by atoms with Crippen molar-refractivity contribution in [2.75, 3.05) is 18.6 Å². The van der Waals surface area contributed by atoms with Crippen molar-refractivity contribution in [3.63, 3.8) is 0 Å². The highest BCUT2D eigenvalue weighted by molar-refractivity contribution is 6.12. The standard InChI is InChI=1S/C26H24N2O4/c1-18(20-8-4-3-5-9-20)27-25(29)17-28-22-10-6-7-11-23(22)32-24(26(28)30)16-19-12-14-21(31-2)15-13-19/h3-16,18H,17H2,1-2H3,(H,27,29)/b24-16-. The third kappa shape index (κ3) is 4.64. The van der Waals surface area contributed by atoms with Crippen LogP contribution in [-0.2, 0) is 9.59 Å². The highest BCUT2D eigenvalue weighted by Gasteiger charge is 2.31. The molecule has 0 aliphatic carbocycles. The lowest BCUT2D eigenvalue weighted by Crippen LogP contribution is -2.44. The van der Waals surface area contributed by atoms with Crippen LogP contribution < -0.4 is 19.7 Å². The van der Waals surface area contributed by atoms with E-state index in [-0.39, 0.29) is 30.2 Å². The first kappa shape index (κ1) is 21.2. The number of ether oxygens (including phenoxy) is 2. The Balaban J connectivity index is 1.56. The Morgan fingerprint density at radius 2 is 1.72 bits per heavy atom. The molecule has 0 bridgehead atoms. The number of benzene rings is 3. The van der Waals surface area contributed by atoms with Crippen LogP contribution in [0.15, 0.2) is 84.6 Å². The first-order valence-electron chi connectivity index (χ1n) is 10.3. The number of carbonyl (C=O) groups excluding carboxylic acids is 2. The monoisotopic (exact) mass is 428 g/mol. The average Bonchev–Trinajstić information content (AvgIpc) is 2.82. The van der Waals surface area contributed by atoms with Crippen molar-refractivity contribution >= 4 is 23.6 Å². The van der Waals surface area contributed by atoms with E-state index in [9.17, 15) is 9.59 Å². The Kier molecular flexibility index (Phi) is 6.22. The second-order valence-corrected chi connectivity index (χ2v) is 7.44. The Morgan fingerprint density at radius 3 is 2.44 bits per heavy atom. The molecule has 1 atom stereocenters. The van der Waals surface area contributed by atoms with Crippen molar-refractivity contribution in [2.24, 2.45) is 0 Å². The number of anilines is 1. The van der Waals surface area contributed by atoms with Gasteiger partial charge in [-0.1, -0.05) is 54.6 Å². The summed E-state index contributed by atoms with van der Waals surface area (Å²) in [6, 6.07) is 24.0. The van der Waals surface area contributed by atoms with Crippen LogP contribution in [0.5, 0.6) is 11.5 Å². The lowest BCUT2D eigenvalue weighted by atomic mass is 10.1. The normalized spacial score (nSPS) is 15.0. The molecule has 1 N–H and O–H groups in total. The third-order valence-corrected chi connectivity index (χ3v) is 5.22. The minimum atomic E-state index is -0.373. The van der Waals surface area contributed by atoms with E-state index in [2.05, 4.69) is 5.32 Å². The summed E-state index contributed by atoms with van der Waals surface area (Å²) in [6.45, 7) is 1.80.